The molecule has 0 saturated carbocycles. The monoisotopic (exact) mass is 396 g/mol. The van der Waals surface area contributed by atoms with Crippen molar-refractivity contribution in [3.05, 3.63) is 69.7 Å². The topological polar surface area (TPSA) is 72.2 Å². The van der Waals surface area contributed by atoms with Gasteiger partial charge in [-0.2, -0.15) is 0 Å². The van der Waals surface area contributed by atoms with Crippen LogP contribution in [0, 0.1) is 11.6 Å². The number of carbonyl (C=O) groups is 2. The minimum atomic E-state index is -0.912. The average Bonchev–Trinajstić information content (AvgIpc) is 2.45. The lowest BCUT2D eigenvalue weighted by molar-refractivity contribution is -0.127. The van der Waals surface area contributed by atoms with Gasteiger partial charge in [0, 0.05) is 17.0 Å². The molecule has 0 heterocycles. The summed E-state index contributed by atoms with van der Waals surface area (Å²) in [6.45, 7) is 0. The maximum Gasteiger partial charge on any atom is 0.240 e. The van der Waals surface area contributed by atoms with E-state index in [4.69, 9.17) is 5.73 Å². The summed E-state index contributed by atoms with van der Waals surface area (Å²) in [5, 5.41) is 2.50. The molecular formula is C17H15BrF2N2O2. The molecule has 0 aromatic heterocycles. The molecule has 0 spiro atoms. The van der Waals surface area contributed by atoms with Gasteiger partial charge in [0.1, 0.15) is 17.7 Å². The van der Waals surface area contributed by atoms with Gasteiger partial charge in [-0.05, 0) is 35.4 Å². The van der Waals surface area contributed by atoms with Crippen molar-refractivity contribution in [1.82, 2.24) is 5.32 Å². The van der Waals surface area contributed by atoms with Gasteiger partial charge < -0.3 is 11.1 Å². The van der Waals surface area contributed by atoms with Crippen LogP contribution in [0.25, 0.3) is 0 Å². The largest absolute Gasteiger partial charge is 0.368 e. The van der Waals surface area contributed by atoms with Crippen molar-refractivity contribution in [3.8, 4) is 0 Å². The van der Waals surface area contributed by atoms with E-state index in [2.05, 4.69) is 21.2 Å². The predicted octanol–water partition coefficient (Wildman–Crippen LogP) is 2.48. The molecule has 4 nitrogen and oxygen atoms in total. The summed E-state index contributed by atoms with van der Waals surface area (Å²) < 4.78 is 27.1. The molecule has 3 N–H and O–H groups in total. The molecule has 0 saturated heterocycles. The van der Waals surface area contributed by atoms with Crippen LogP contribution in [0.1, 0.15) is 11.1 Å². The molecule has 0 radical (unpaired) electrons. The Morgan fingerprint density at radius 3 is 2.33 bits per heavy atom. The summed E-state index contributed by atoms with van der Waals surface area (Å²) in [7, 11) is 0. The summed E-state index contributed by atoms with van der Waals surface area (Å²) in [4.78, 5) is 23.6. The molecule has 0 fully saturated rings. The zero-order valence-electron chi connectivity index (χ0n) is 12.6. The standard InChI is InChI=1S/C17H15BrF2N2O2/c18-12-3-1-2-10(4-12)7-15(17(21)24)22-16(23)8-11-5-13(19)9-14(20)6-11/h1-6,9,15H,7-8H2,(H2,21,24)(H,22,23)/t15-/m1/s1. The second-order valence-corrected chi connectivity index (χ2v) is 6.23. The fourth-order valence-electron chi connectivity index (χ4n) is 2.27. The Labute approximate surface area is 146 Å². The van der Waals surface area contributed by atoms with Crippen LogP contribution in [0.5, 0.6) is 0 Å². The van der Waals surface area contributed by atoms with Gasteiger partial charge >= 0.3 is 0 Å². The van der Waals surface area contributed by atoms with E-state index in [-0.39, 0.29) is 18.4 Å². The lowest BCUT2D eigenvalue weighted by atomic mass is 10.0. The molecule has 0 aliphatic heterocycles. The van der Waals surface area contributed by atoms with Gasteiger partial charge in [0.05, 0.1) is 6.42 Å². The van der Waals surface area contributed by atoms with Crippen LogP contribution < -0.4 is 11.1 Å². The van der Waals surface area contributed by atoms with Crippen molar-refractivity contribution in [2.75, 3.05) is 0 Å². The number of primary amides is 1. The molecule has 0 aliphatic carbocycles. The molecule has 0 unspecified atom stereocenters. The number of hydrogen-bond acceptors (Lipinski definition) is 2. The Hall–Kier alpha value is -2.28. The Morgan fingerprint density at radius 1 is 1.08 bits per heavy atom. The summed E-state index contributed by atoms with van der Waals surface area (Å²) >= 11 is 3.32. The lowest BCUT2D eigenvalue weighted by Crippen LogP contribution is -2.46. The smallest absolute Gasteiger partial charge is 0.240 e. The van der Waals surface area contributed by atoms with Crippen LogP contribution >= 0.6 is 15.9 Å². The van der Waals surface area contributed by atoms with Gasteiger partial charge in [0.2, 0.25) is 11.8 Å². The molecule has 2 rings (SSSR count). The molecule has 2 amide bonds. The Balaban J connectivity index is 2.04. The number of nitrogens with two attached hydrogens (primary N) is 1. The van der Waals surface area contributed by atoms with Gasteiger partial charge in [-0.25, -0.2) is 8.78 Å². The number of nitrogens with one attached hydrogen (secondary N) is 1. The number of benzene rings is 2. The quantitative estimate of drug-likeness (QED) is 0.786. The van der Waals surface area contributed by atoms with Gasteiger partial charge in [-0.1, -0.05) is 28.1 Å². The molecule has 1 atom stereocenters. The fourth-order valence-corrected chi connectivity index (χ4v) is 2.71. The van der Waals surface area contributed by atoms with E-state index in [1.54, 1.807) is 12.1 Å². The van der Waals surface area contributed by atoms with E-state index >= 15 is 0 Å². The Kier molecular flexibility index (Phi) is 6.03. The summed E-state index contributed by atoms with van der Waals surface area (Å²) in [6, 6.07) is 9.19. The second kappa shape index (κ2) is 8.01. The highest BCUT2D eigenvalue weighted by atomic mass is 79.9. The summed E-state index contributed by atoms with van der Waals surface area (Å²) in [5.41, 5.74) is 6.31. The maximum absolute atomic E-state index is 13.1. The zero-order chi connectivity index (χ0) is 17.7. The maximum atomic E-state index is 13.1. The number of rotatable bonds is 6. The second-order valence-electron chi connectivity index (χ2n) is 5.31. The van der Waals surface area contributed by atoms with E-state index in [0.717, 1.165) is 28.2 Å². The van der Waals surface area contributed by atoms with Gasteiger partial charge in [-0.3, -0.25) is 9.59 Å². The van der Waals surface area contributed by atoms with Crippen molar-refractivity contribution in [3.63, 3.8) is 0 Å². The van der Waals surface area contributed by atoms with Crippen molar-refractivity contribution in [2.24, 2.45) is 5.73 Å². The van der Waals surface area contributed by atoms with Crippen molar-refractivity contribution >= 4 is 27.7 Å². The first kappa shape index (κ1) is 18.1. The molecule has 0 aliphatic rings. The molecule has 126 valence electrons. The zero-order valence-corrected chi connectivity index (χ0v) is 14.1. The number of amides is 2. The van der Waals surface area contributed by atoms with Crippen LogP contribution in [0.15, 0.2) is 46.9 Å². The van der Waals surface area contributed by atoms with E-state index in [0.29, 0.717) is 0 Å². The summed E-state index contributed by atoms with van der Waals surface area (Å²) in [6.07, 6.45) is -0.0328. The van der Waals surface area contributed by atoms with Crippen molar-refractivity contribution in [1.29, 1.82) is 0 Å². The van der Waals surface area contributed by atoms with Crippen molar-refractivity contribution in [2.45, 2.75) is 18.9 Å². The SMILES string of the molecule is NC(=O)[C@@H](Cc1cccc(Br)c1)NC(=O)Cc1cc(F)cc(F)c1. The highest BCUT2D eigenvalue weighted by Gasteiger charge is 2.19. The third-order valence-electron chi connectivity index (χ3n) is 3.29. The molecular weight excluding hydrogens is 382 g/mol. The normalized spacial score (nSPS) is 11.8. The molecule has 7 heteroatoms. The van der Waals surface area contributed by atoms with Crippen LogP contribution in [0.2, 0.25) is 0 Å². The van der Waals surface area contributed by atoms with E-state index in [1.807, 2.05) is 12.1 Å². The molecule has 2 aromatic carbocycles. The number of halogens is 3. The van der Waals surface area contributed by atoms with E-state index < -0.39 is 29.5 Å². The number of carbonyl (C=O) groups excluding carboxylic acids is 2. The first-order valence-electron chi connectivity index (χ1n) is 7.11. The fraction of sp³-hybridized carbons (Fsp3) is 0.176. The minimum Gasteiger partial charge on any atom is -0.368 e. The lowest BCUT2D eigenvalue weighted by Gasteiger charge is -2.16. The molecule has 2 aromatic rings. The van der Waals surface area contributed by atoms with Gasteiger partial charge in [-0.15, -0.1) is 0 Å². The van der Waals surface area contributed by atoms with Gasteiger partial charge in [0.25, 0.3) is 0 Å². The highest BCUT2D eigenvalue weighted by molar-refractivity contribution is 9.10. The highest BCUT2D eigenvalue weighted by Crippen LogP contribution is 2.13. The van der Waals surface area contributed by atoms with Crippen LogP contribution in [0.3, 0.4) is 0 Å². The Morgan fingerprint density at radius 2 is 1.75 bits per heavy atom. The van der Waals surface area contributed by atoms with E-state index in [1.165, 1.54) is 0 Å². The third kappa shape index (κ3) is 5.42. The number of hydrogen-bond donors (Lipinski definition) is 2. The van der Waals surface area contributed by atoms with Crippen LogP contribution in [0.4, 0.5) is 8.78 Å². The first-order valence-corrected chi connectivity index (χ1v) is 7.91. The van der Waals surface area contributed by atoms with Crippen molar-refractivity contribution < 1.29 is 18.4 Å². The van der Waals surface area contributed by atoms with Gasteiger partial charge in [0.15, 0.2) is 0 Å². The summed E-state index contributed by atoms with van der Waals surface area (Å²) in [5.74, 6) is -2.76. The van der Waals surface area contributed by atoms with Crippen LogP contribution in [-0.4, -0.2) is 17.9 Å². The third-order valence-corrected chi connectivity index (χ3v) is 3.79. The average molecular weight is 397 g/mol. The predicted molar refractivity (Wildman–Crippen MR) is 89.0 cm³/mol. The minimum absolute atomic E-state index is 0.177. The van der Waals surface area contributed by atoms with Crippen LogP contribution in [-0.2, 0) is 22.4 Å². The van der Waals surface area contributed by atoms with E-state index in [9.17, 15) is 18.4 Å². The first-order chi connectivity index (χ1) is 11.3. The Bertz CT molecular complexity index is 748. The molecule has 0 bridgehead atoms. The molecule has 24 heavy (non-hydrogen) atoms.